The van der Waals surface area contributed by atoms with Gasteiger partial charge in [0.2, 0.25) is 5.91 Å². The van der Waals surface area contributed by atoms with E-state index in [1.165, 1.54) is 19.3 Å². The highest BCUT2D eigenvalue weighted by Gasteiger charge is 2.21. The quantitative estimate of drug-likeness (QED) is 0.816. The lowest BCUT2D eigenvalue weighted by Gasteiger charge is -2.28. The van der Waals surface area contributed by atoms with Crippen molar-refractivity contribution in [3.63, 3.8) is 0 Å². The normalized spacial score (nSPS) is 22.0. The van der Waals surface area contributed by atoms with Gasteiger partial charge in [0.1, 0.15) is 6.61 Å². The SMILES string of the molecule is CCC1CCCC(OCC(=O)Nc2ccc(N)cc2C)C1. The first-order chi connectivity index (χ1) is 10.1. The van der Waals surface area contributed by atoms with Crippen LogP contribution in [0.15, 0.2) is 18.2 Å². The predicted octanol–water partition coefficient (Wildman–Crippen LogP) is 3.50. The number of nitrogens with one attached hydrogen (secondary N) is 1. The van der Waals surface area contributed by atoms with Crippen molar-refractivity contribution in [2.24, 2.45) is 5.92 Å². The van der Waals surface area contributed by atoms with Gasteiger partial charge in [-0.1, -0.05) is 26.2 Å². The third kappa shape index (κ3) is 4.74. The van der Waals surface area contributed by atoms with Crippen molar-refractivity contribution in [2.45, 2.75) is 52.1 Å². The largest absolute Gasteiger partial charge is 0.399 e. The van der Waals surface area contributed by atoms with Crippen LogP contribution in [0, 0.1) is 12.8 Å². The fraction of sp³-hybridized carbons (Fsp3) is 0.588. The van der Waals surface area contributed by atoms with Crippen molar-refractivity contribution in [2.75, 3.05) is 17.7 Å². The van der Waals surface area contributed by atoms with Gasteiger partial charge in [0, 0.05) is 11.4 Å². The molecule has 1 saturated carbocycles. The van der Waals surface area contributed by atoms with Gasteiger partial charge in [-0.3, -0.25) is 4.79 Å². The van der Waals surface area contributed by atoms with Crippen LogP contribution in [0.5, 0.6) is 0 Å². The molecule has 116 valence electrons. The maximum Gasteiger partial charge on any atom is 0.250 e. The van der Waals surface area contributed by atoms with Crippen molar-refractivity contribution >= 4 is 17.3 Å². The molecule has 2 rings (SSSR count). The van der Waals surface area contributed by atoms with E-state index in [9.17, 15) is 4.79 Å². The fourth-order valence-corrected chi connectivity index (χ4v) is 2.97. The third-order valence-electron chi connectivity index (χ3n) is 4.29. The topological polar surface area (TPSA) is 64.3 Å². The van der Waals surface area contributed by atoms with Crippen LogP contribution in [0.25, 0.3) is 0 Å². The lowest BCUT2D eigenvalue weighted by Crippen LogP contribution is -2.27. The van der Waals surface area contributed by atoms with Gasteiger partial charge in [-0.25, -0.2) is 0 Å². The molecule has 2 unspecified atom stereocenters. The van der Waals surface area contributed by atoms with Crippen LogP contribution in [-0.4, -0.2) is 18.6 Å². The summed E-state index contributed by atoms with van der Waals surface area (Å²) in [7, 11) is 0. The van der Waals surface area contributed by atoms with Crippen LogP contribution in [0.1, 0.15) is 44.6 Å². The molecule has 1 aliphatic carbocycles. The van der Waals surface area contributed by atoms with E-state index in [4.69, 9.17) is 10.5 Å². The summed E-state index contributed by atoms with van der Waals surface area (Å²) in [5.41, 5.74) is 8.17. The smallest absolute Gasteiger partial charge is 0.250 e. The highest BCUT2D eigenvalue weighted by atomic mass is 16.5. The molecule has 1 fully saturated rings. The molecule has 4 heteroatoms. The van der Waals surface area contributed by atoms with E-state index < -0.39 is 0 Å². The van der Waals surface area contributed by atoms with Crippen molar-refractivity contribution in [1.82, 2.24) is 0 Å². The average Bonchev–Trinajstić information content (AvgIpc) is 2.48. The minimum atomic E-state index is -0.0958. The second kappa shape index (κ2) is 7.46. The van der Waals surface area contributed by atoms with Crippen molar-refractivity contribution in [3.8, 4) is 0 Å². The van der Waals surface area contributed by atoms with Crippen LogP contribution < -0.4 is 11.1 Å². The van der Waals surface area contributed by atoms with Gasteiger partial charge in [-0.05, 0) is 49.4 Å². The molecular formula is C17H26N2O2. The Labute approximate surface area is 127 Å². The maximum atomic E-state index is 12.0. The van der Waals surface area contributed by atoms with Gasteiger partial charge < -0.3 is 15.8 Å². The highest BCUT2D eigenvalue weighted by Crippen LogP contribution is 2.28. The molecule has 1 aliphatic rings. The molecule has 4 nitrogen and oxygen atoms in total. The summed E-state index contributed by atoms with van der Waals surface area (Å²) in [6, 6.07) is 5.47. The molecule has 3 N–H and O–H groups in total. The Kier molecular flexibility index (Phi) is 5.62. The number of hydrogen-bond acceptors (Lipinski definition) is 3. The van der Waals surface area contributed by atoms with Crippen LogP contribution in [0.4, 0.5) is 11.4 Å². The zero-order valence-electron chi connectivity index (χ0n) is 13.0. The number of rotatable bonds is 5. The van der Waals surface area contributed by atoms with Crippen molar-refractivity contribution in [3.05, 3.63) is 23.8 Å². The molecule has 0 heterocycles. The van der Waals surface area contributed by atoms with Crippen LogP contribution in [0.3, 0.4) is 0 Å². The summed E-state index contributed by atoms with van der Waals surface area (Å²) in [5, 5.41) is 2.88. The van der Waals surface area contributed by atoms with E-state index in [2.05, 4.69) is 12.2 Å². The van der Waals surface area contributed by atoms with Crippen molar-refractivity contribution in [1.29, 1.82) is 0 Å². The Morgan fingerprint density at radius 2 is 2.24 bits per heavy atom. The molecule has 1 amide bonds. The minimum Gasteiger partial charge on any atom is -0.399 e. The summed E-state index contributed by atoms with van der Waals surface area (Å²) in [6.07, 6.45) is 6.11. The minimum absolute atomic E-state index is 0.0958. The Morgan fingerprint density at radius 1 is 1.43 bits per heavy atom. The van der Waals surface area contributed by atoms with Gasteiger partial charge in [0.05, 0.1) is 6.10 Å². The second-order valence-corrected chi connectivity index (χ2v) is 6.00. The number of hydrogen-bond donors (Lipinski definition) is 2. The second-order valence-electron chi connectivity index (χ2n) is 6.00. The number of benzene rings is 1. The van der Waals surface area contributed by atoms with E-state index in [1.807, 2.05) is 19.1 Å². The summed E-state index contributed by atoms with van der Waals surface area (Å²) < 4.78 is 5.78. The number of carbonyl (C=O) groups excluding carboxylic acids is 1. The van der Waals surface area contributed by atoms with Gasteiger partial charge in [0.25, 0.3) is 0 Å². The highest BCUT2D eigenvalue weighted by molar-refractivity contribution is 5.92. The third-order valence-corrected chi connectivity index (χ3v) is 4.29. The van der Waals surface area contributed by atoms with E-state index in [0.29, 0.717) is 5.69 Å². The molecule has 0 aliphatic heterocycles. The number of aryl methyl sites for hydroxylation is 1. The average molecular weight is 290 g/mol. The van der Waals surface area contributed by atoms with Gasteiger partial charge in [-0.15, -0.1) is 0 Å². The van der Waals surface area contributed by atoms with E-state index >= 15 is 0 Å². The van der Waals surface area contributed by atoms with Crippen LogP contribution >= 0.6 is 0 Å². The summed E-state index contributed by atoms with van der Waals surface area (Å²) in [4.78, 5) is 12.0. The number of ether oxygens (including phenoxy) is 1. The lowest BCUT2D eigenvalue weighted by molar-refractivity contribution is -0.123. The Morgan fingerprint density at radius 3 is 2.95 bits per heavy atom. The molecule has 0 spiro atoms. The molecule has 21 heavy (non-hydrogen) atoms. The first kappa shape index (κ1) is 15.8. The maximum absolute atomic E-state index is 12.0. The zero-order chi connectivity index (χ0) is 15.2. The molecule has 0 bridgehead atoms. The van der Waals surface area contributed by atoms with E-state index in [0.717, 1.165) is 30.0 Å². The predicted molar refractivity (Wildman–Crippen MR) is 86.2 cm³/mol. The number of nitrogen functional groups attached to an aromatic ring is 1. The van der Waals surface area contributed by atoms with Gasteiger partial charge >= 0.3 is 0 Å². The Bertz CT molecular complexity index is 488. The monoisotopic (exact) mass is 290 g/mol. The molecule has 0 radical (unpaired) electrons. The number of carbonyl (C=O) groups is 1. The zero-order valence-corrected chi connectivity index (χ0v) is 13.0. The molecule has 2 atom stereocenters. The van der Waals surface area contributed by atoms with Crippen LogP contribution in [-0.2, 0) is 9.53 Å². The van der Waals surface area contributed by atoms with Crippen LogP contribution in [0.2, 0.25) is 0 Å². The standard InChI is InChI=1S/C17H26N2O2/c1-3-13-5-4-6-15(10-13)21-11-17(20)19-16-8-7-14(18)9-12(16)2/h7-9,13,15H,3-6,10-11,18H2,1-2H3,(H,19,20). The molecule has 1 aromatic carbocycles. The Balaban J connectivity index is 1.79. The fourth-order valence-electron chi connectivity index (χ4n) is 2.97. The number of nitrogens with two attached hydrogens (primary N) is 1. The lowest BCUT2D eigenvalue weighted by atomic mass is 9.85. The molecule has 0 aromatic heterocycles. The molecule has 0 saturated heterocycles. The Hall–Kier alpha value is -1.55. The summed E-state index contributed by atoms with van der Waals surface area (Å²) in [6.45, 7) is 4.29. The summed E-state index contributed by atoms with van der Waals surface area (Å²) in [5.74, 6) is 0.660. The van der Waals surface area contributed by atoms with Gasteiger partial charge in [0.15, 0.2) is 0 Å². The van der Waals surface area contributed by atoms with Gasteiger partial charge in [-0.2, -0.15) is 0 Å². The molecule has 1 aromatic rings. The first-order valence-corrected chi connectivity index (χ1v) is 7.86. The molecular weight excluding hydrogens is 264 g/mol. The number of anilines is 2. The van der Waals surface area contributed by atoms with Crippen molar-refractivity contribution < 1.29 is 9.53 Å². The van der Waals surface area contributed by atoms with E-state index in [-0.39, 0.29) is 18.6 Å². The summed E-state index contributed by atoms with van der Waals surface area (Å²) >= 11 is 0. The first-order valence-electron chi connectivity index (χ1n) is 7.86. The number of amides is 1. The van der Waals surface area contributed by atoms with E-state index in [1.54, 1.807) is 6.07 Å².